The van der Waals surface area contributed by atoms with Crippen molar-refractivity contribution in [3.8, 4) is 11.5 Å². The molecule has 164 valence electrons. The number of phenolic OH excluding ortho intramolecular Hbond substituents is 1. The van der Waals surface area contributed by atoms with E-state index in [1.807, 2.05) is 18.2 Å². The van der Waals surface area contributed by atoms with Crippen molar-refractivity contribution in [2.24, 2.45) is 5.92 Å². The molecule has 3 rings (SSSR count). The van der Waals surface area contributed by atoms with Gasteiger partial charge in [-0.25, -0.2) is 0 Å². The van der Waals surface area contributed by atoms with Crippen molar-refractivity contribution in [1.82, 2.24) is 10.6 Å². The molecule has 1 fully saturated rings. The van der Waals surface area contributed by atoms with Crippen molar-refractivity contribution in [2.45, 2.75) is 35.1 Å². The van der Waals surface area contributed by atoms with Crippen molar-refractivity contribution in [2.75, 3.05) is 13.7 Å². The maximum atomic E-state index is 12.9. The highest BCUT2D eigenvalue weighted by atomic mass is 79.9. The molecule has 0 heterocycles. The van der Waals surface area contributed by atoms with Crippen molar-refractivity contribution >= 4 is 50.2 Å². The van der Waals surface area contributed by atoms with E-state index < -0.39 is 0 Å². The summed E-state index contributed by atoms with van der Waals surface area (Å²) in [4.78, 5) is 13.4. The smallest absolute Gasteiger partial charge is 0.251 e. The fraction of sp³-hybridized carbons (Fsp3) is 0.409. The Bertz CT molecular complexity index is 825. The molecule has 0 aromatic heterocycles. The van der Waals surface area contributed by atoms with Crippen LogP contribution < -0.4 is 15.4 Å². The molecule has 0 bridgehead atoms. The number of halogens is 3. The molecule has 30 heavy (non-hydrogen) atoms. The Morgan fingerprint density at radius 3 is 2.60 bits per heavy atom. The predicted molar refractivity (Wildman–Crippen MR) is 129 cm³/mol. The average Bonchev–Trinajstić information content (AvgIpc) is 2.71. The summed E-state index contributed by atoms with van der Waals surface area (Å²) in [7, 11) is 1.47. The number of carbonyl (C=O) groups excluding carboxylic acids is 1. The number of alkyl halides is 2. The van der Waals surface area contributed by atoms with Gasteiger partial charge in [0.2, 0.25) is 0 Å². The van der Waals surface area contributed by atoms with Crippen LogP contribution in [0.1, 0.15) is 28.8 Å². The molecule has 1 amide bonds. The Hall–Kier alpha value is -1.28. The third-order valence-electron chi connectivity index (χ3n) is 5.26. The van der Waals surface area contributed by atoms with Gasteiger partial charge >= 0.3 is 0 Å². The van der Waals surface area contributed by atoms with Crippen LogP contribution in [0.25, 0.3) is 0 Å². The minimum absolute atomic E-state index is 0. The van der Waals surface area contributed by atoms with Crippen molar-refractivity contribution in [1.29, 1.82) is 0 Å². The number of rotatable bonds is 7. The number of phenols is 1. The van der Waals surface area contributed by atoms with E-state index >= 15 is 0 Å². The molecule has 1 aliphatic rings. The molecule has 0 aliphatic heterocycles. The summed E-state index contributed by atoms with van der Waals surface area (Å²) in [5.41, 5.74) is 1.71. The molecule has 4 atom stereocenters. The summed E-state index contributed by atoms with van der Waals surface area (Å²) in [6.07, 6.45) is 1.92. The van der Waals surface area contributed by atoms with Gasteiger partial charge in [0.15, 0.2) is 11.5 Å². The third-order valence-corrected chi connectivity index (χ3v) is 6.95. The van der Waals surface area contributed by atoms with Crippen LogP contribution in [0.4, 0.5) is 0 Å². The summed E-state index contributed by atoms with van der Waals surface area (Å²) in [5, 5.41) is 16.5. The van der Waals surface area contributed by atoms with Gasteiger partial charge in [-0.1, -0.05) is 62.2 Å². The highest BCUT2D eigenvalue weighted by molar-refractivity contribution is 9.10. The van der Waals surface area contributed by atoms with Crippen LogP contribution in [0, 0.1) is 5.92 Å². The zero-order valence-corrected chi connectivity index (χ0v) is 20.7. The molecule has 0 spiro atoms. The van der Waals surface area contributed by atoms with E-state index in [0.29, 0.717) is 16.1 Å². The minimum atomic E-state index is -0.168. The second kappa shape index (κ2) is 11.9. The normalized spacial score (nSPS) is 23.3. The van der Waals surface area contributed by atoms with Crippen molar-refractivity contribution in [3.63, 3.8) is 0 Å². The number of amides is 1. The van der Waals surface area contributed by atoms with E-state index in [0.717, 1.165) is 25.9 Å². The number of nitrogens with one attached hydrogen (secondary N) is 2. The molecular weight excluding hydrogens is 536 g/mol. The lowest BCUT2D eigenvalue weighted by Crippen LogP contribution is -2.52. The Morgan fingerprint density at radius 2 is 1.90 bits per heavy atom. The lowest BCUT2D eigenvalue weighted by Gasteiger charge is -2.38. The molecule has 4 unspecified atom stereocenters. The van der Waals surface area contributed by atoms with Gasteiger partial charge in [0.25, 0.3) is 5.91 Å². The number of aromatic hydroxyl groups is 1. The van der Waals surface area contributed by atoms with Crippen LogP contribution in [0.2, 0.25) is 0 Å². The van der Waals surface area contributed by atoms with Gasteiger partial charge < -0.3 is 20.5 Å². The number of carbonyl (C=O) groups is 1. The number of methoxy groups -OCH3 is 1. The van der Waals surface area contributed by atoms with Crippen LogP contribution in [0.5, 0.6) is 11.5 Å². The predicted octanol–water partition coefficient (Wildman–Crippen LogP) is 4.65. The zero-order chi connectivity index (χ0) is 20.8. The fourth-order valence-electron chi connectivity index (χ4n) is 3.73. The number of hydrogen-bond donors (Lipinski definition) is 3. The lowest BCUT2D eigenvalue weighted by molar-refractivity contribution is 0.0910. The van der Waals surface area contributed by atoms with E-state index in [2.05, 4.69) is 54.6 Å². The summed E-state index contributed by atoms with van der Waals surface area (Å²) < 4.78 is 5.12. The van der Waals surface area contributed by atoms with Gasteiger partial charge in [-0.3, -0.25) is 4.79 Å². The minimum Gasteiger partial charge on any atom is -0.504 e. The average molecular weight is 563 g/mol. The van der Waals surface area contributed by atoms with Crippen LogP contribution in [0.15, 0.2) is 48.5 Å². The van der Waals surface area contributed by atoms with E-state index in [1.165, 1.54) is 18.7 Å². The first-order valence-electron chi connectivity index (χ1n) is 9.68. The first-order valence-corrected chi connectivity index (χ1v) is 11.5. The Kier molecular flexibility index (Phi) is 9.94. The molecule has 2 aromatic carbocycles. The van der Waals surface area contributed by atoms with Gasteiger partial charge in [-0.05, 0) is 42.5 Å². The van der Waals surface area contributed by atoms with Gasteiger partial charge in [-0.15, -0.1) is 12.4 Å². The number of ether oxygens (including phenoxy) is 1. The first-order chi connectivity index (χ1) is 14.0. The monoisotopic (exact) mass is 560 g/mol. The zero-order valence-electron chi connectivity index (χ0n) is 16.7. The molecule has 0 radical (unpaired) electrons. The Morgan fingerprint density at radius 1 is 1.17 bits per heavy atom. The standard InChI is InChI=1S/C22H26Br2N2O3.ClH/c1-29-20-10-15(7-8-19(20)27)22(28)26-21-16(9-17(23)11-18(21)24)13-25-12-14-5-3-2-4-6-14;/h2-8,10,16-18,21,25,27H,9,11-13H2,1H3,(H,26,28);1H. The highest BCUT2D eigenvalue weighted by Gasteiger charge is 2.36. The van der Waals surface area contributed by atoms with Gasteiger partial charge in [-0.2, -0.15) is 0 Å². The maximum absolute atomic E-state index is 12.9. The van der Waals surface area contributed by atoms with E-state index in [1.54, 1.807) is 12.1 Å². The third kappa shape index (κ3) is 6.61. The van der Waals surface area contributed by atoms with Crippen LogP contribution in [0.3, 0.4) is 0 Å². The largest absolute Gasteiger partial charge is 0.504 e. The first kappa shape index (κ1) is 25.0. The molecule has 0 saturated heterocycles. The molecular formula is C22H27Br2ClN2O3. The summed E-state index contributed by atoms with van der Waals surface area (Å²) >= 11 is 7.53. The summed E-state index contributed by atoms with van der Waals surface area (Å²) in [6, 6.07) is 14.9. The van der Waals surface area contributed by atoms with Crippen LogP contribution >= 0.6 is 44.3 Å². The van der Waals surface area contributed by atoms with E-state index in [-0.39, 0.29) is 40.9 Å². The molecule has 3 N–H and O–H groups in total. The lowest BCUT2D eigenvalue weighted by atomic mass is 9.84. The molecule has 2 aromatic rings. The topological polar surface area (TPSA) is 70.6 Å². The highest BCUT2D eigenvalue weighted by Crippen LogP contribution is 2.34. The van der Waals surface area contributed by atoms with Gasteiger partial charge in [0, 0.05) is 34.3 Å². The molecule has 1 aliphatic carbocycles. The fourth-order valence-corrected chi connectivity index (χ4v) is 6.13. The van der Waals surface area contributed by atoms with E-state index in [4.69, 9.17) is 4.74 Å². The second-order valence-corrected chi connectivity index (χ2v) is 9.82. The summed E-state index contributed by atoms with van der Waals surface area (Å²) in [5.74, 6) is 0.423. The SMILES string of the molecule is COc1cc(C(=O)NC2C(Br)CC(Br)CC2CNCc2ccccc2)ccc1O.Cl. The molecule has 8 heteroatoms. The maximum Gasteiger partial charge on any atom is 0.251 e. The quantitative estimate of drug-likeness (QED) is 0.430. The molecule has 1 saturated carbocycles. The van der Waals surface area contributed by atoms with Crippen LogP contribution in [-0.4, -0.2) is 40.4 Å². The van der Waals surface area contributed by atoms with E-state index in [9.17, 15) is 9.90 Å². The summed E-state index contributed by atoms with van der Waals surface area (Å²) in [6.45, 7) is 1.61. The van der Waals surface area contributed by atoms with Crippen LogP contribution in [-0.2, 0) is 6.54 Å². The van der Waals surface area contributed by atoms with Crippen molar-refractivity contribution in [3.05, 3.63) is 59.7 Å². The number of hydrogen-bond acceptors (Lipinski definition) is 4. The van der Waals surface area contributed by atoms with Crippen molar-refractivity contribution < 1.29 is 14.6 Å². The Labute approximate surface area is 200 Å². The molecule has 5 nitrogen and oxygen atoms in total. The van der Waals surface area contributed by atoms with Gasteiger partial charge in [0.05, 0.1) is 7.11 Å². The number of benzene rings is 2. The second-order valence-electron chi connectivity index (χ2n) is 7.35. The van der Waals surface area contributed by atoms with Gasteiger partial charge in [0.1, 0.15) is 0 Å². The Balaban J connectivity index is 0.00000320.